The molecule has 1 unspecified atom stereocenters. The van der Waals surface area contributed by atoms with E-state index >= 15 is 0 Å². The quantitative estimate of drug-likeness (QED) is 0.859. The lowest BCUT2D eigenvalue weighted by Gasteiger charge is -2.28. The summed E-state index contributed by atoms with van der Waals surface area (Å²) in [5, 5.41) is 3.39. The molecule has 0 aliphatic heterocycles. The second-order valence-electron chi connectivity index (χ2n) is 4.42. The number of nitrogens with one attached hydrogen (secondary N) is 1. The smallest absolute Gasteiger partial charge is 0.0422 e. The molecule has 1 aromatic rings. The summed E-state index contributed by atoms with van der Waals surface area (Å²) in [4.78, 5) is 2.36. The third-order valence-corrected chi connectivity index (χ3v) is 3.74. The van der Waals surface area contributed by atoms with Gasteiger partial charge in [0.1, 0.15) is 0 Å². The van der Waals surface area contributed by atoms with Crippen LogP contribution < -0.4 is 10.2 Å². The lowest BCUT2D eigenvalue weighted by Crippen LogP contribution is -2.29. The number of nitrogens with zero attached hydrogens (tertiary/aromatic N) is 1. The lowest BCUT2D eigenvalue weighted by atomic mass is 10.1. The molecule has 1 aromatic carbocycles. The van der Waals surface area contributed by atoms with E-state index < -0.39 is 0 Å². The molecule has 0 fully saturated rings. The minimum atomic E-state index is 0.560. The number of anilines is 1. The molecule has 3 heteroatoms. The van der Waals surface area contributed by atoms with E-state index in [4.69, 9.17) is 0 Å². The molecule has 0 bridgehead atoms. The van der Waals surface area contributed by atoms with Crippen LogP contribution in [0.4, 0.5) is 5.69 Å². The van der Waals surface area contributed by atoms with Crippen molar-refractivity contribution < 1.29 is 0 Å². The van der Waals surface area contributed by atoms with Gasteiger partial charge in [0.15, 0.2) is 0 Å². The second kappa shape index (κ2) is 7.02. The molecule has 1 N–H and O–H groups in total. The fraction of sp³-hybridized carbons (Fsp3) is 0.571. The molecular formula is C14H23BrN2. The van der Waals surface area contributed by atoms with Crippen molar-refractivity contribution in [2.24, 2.45) is 0 Å². The number of rotatable bonds is 6. The molecule has 0 heterocycles. The molecule has 0 saturated heterocycles. The normalized spacial score (nSPS) is 12.5. The first-order valence-corrected chi connectivity index (χ1v) is 7.11. The third-order valence-electron chi connectivity index (χ3n) is 3.24. The highest BCUT2D eigenvalue weighted by atomic mass is 79.9. The van der Waals surface area contributed by atoms with Crippen LogP contribution in [0.25, 0.3) is 0 Å². The summed E-state index contributed by atoms with van der Waals surface area (Å²) in [6.45, 7) is 8.56. The summed E-state index contributed by atoms with van der Waals surface area (Å²) >= 11 is 3.56. The van der Waals surface area contributed by atoms with Gasteiger partial charge in [-0.25, -0.2) is 0 Å². The zero-order valence-electron chi connectivity index (χ0n) is 11.3. The van der Waals surface area contributed by atoms with Crippen molar-refractivity contribution in [3.05, 3.63) is 28.2 Å². The average Bonchev–Trinajstić information content (AvgIpc) is 2.35. The number of hydrogen-bond acceptors (Lipinski definition) is 2. The van der Waals surface area contributed by atoms with E-state index in [-0.39, 0.29) is 0 Å². The summed E-state index contributed by atoms with van der Waals surface area (Å²) in [6, 6.07) is 7.07. The van der Waals surface area contributed by atoms with E-state index in [0.29, 0.717) is 6.04 Å². The van der Waals surface area contributed by atoms with Crippen molar-refractivity contribution in [1.82, 2.24) is 5.32 Å². The predicted molar refractivity (Wildman–Crippen MR) is 79.7 cm³/mol. The van der Waals surface area contributed by atoms with Gasteiger partial charge in [-0.3, -0.25) is 0 Å². The second-order valence-corrected chi connectivity index (χ2v) is 5.34. The maximum absolute atomic E-state index is 3.56. The zero-order valence-corrected chi connectivity index (χ0v) is 12.8. The minimum absolute atomic E-state index is 0.560. The molecule has 0 radical (unpaired) electrons. The monoisotopic (exact) mass is 298 g/mol. The molecule has 0 amide bonds. The zero-order chi connectivity index (χ0) is 12.8. The molecule has 0 aliphatic rings. The van der Waals surface area contributed by atoms with Crippen LogP contribution in [0, 0.1) is 0 Å². The first-order chi connectivity index (χ1) is 8.10. The van der Waals surface area contributed by atoms with Crippen molar-refractivity contribution in [3.8, 4) is 0 Å². The predicted octanol–water partition coefficient (Wildman–Crippen LogP) is 3.79. The Balaban J connectivity index is 2.97. The Kier molecular flexibility index (Phi) is 6.00. The largest absolute Gasteiger partial charge is 0.372 e. The fourth-order valence-electron chi connectivity index (χ4n) is 1.79. The summed E-state index contributed by atoms with van der Waals surface area (Å²) in [6.07, 6.45) is 1.16. The maximum Gasteiger partial charge on any atom is 0.0422 e. The Hall–Kier alpha value is -0.540. The van der Waals surface area contributed by atoms with E-state index in [2.05, 4.69) is 72.2 Å². The highest BCUT2D eigenvalue weighted by molar-refractivity contribution is 9.10. The van der Waals surface area contributed by atoms with Crippen LogP contribution in [-0.4, -0.2) is 19.6 Å². The molecule has 96 valence electrons. The van der Waals surface area contributed by atoms with Crippen molar-refractivity contribution in [2.75, 3.05) is 18.5 Å². The molecule has 1 atom stereocenters. The Morgan fingerprint density at radius 1 is 1.35 bits per heavy atom. The van der Waals surface area contributed by atoms with Gasteiger partial charge in [-0.1, -0.05) is 35.8 Å². The van der Waals surface area contributed by atoms with Crippen molar-refractivity contribution in [2.45, 2.75) is 39.8 Å². The molecular weight excluding hydrogens is 276 g/mol. The van der Waals surface area contributed by atoms with Crippen molar-refractivity contribution >= 4 is 21.6 Å². The van der Waals surface area contributed by atoms with Crippen LogP contribution >= 0.6 is 15.9 Å². The van der Waals surface area contributed by atoms with E-state index in [1.165, 1.54) is 11.3 Å². The van der Waals surface area contributed by atoms with Gasteiger partial charge in [0, 0.05) is 29.8 Å². The minimum Gasteiger partial charge on any atom is -0.372 e. The standard InChI is InChI=1S/C14H23BrN2/c1-5-11(3)17(4)14-9-13(15)8-7-12(14)10-16-6-2/h7-9,11,16H,5-6,10H2,1-4H3. The SMILES string of the molecule is CCNCc1ccc(Br)cc1N(C)C(C)CC. The highest BCUT2D eigenvalue weighted by Gasteiger charge is 2.12. The van der Waals surface area contributed by atoms with Gasteiger partial charge in [0.05, 0.1) is 0 Å². The van der Waals surface area contributed by atoms with E-state index in [1.54, 1.807) is 0 Å². The molecule has 0 aliphatic carbocycles. The van der Waals surface area contributed by atoms with Gasteiger partial charge < -0.3 is 10.2 Å². The van der Waals surface area contributed by atoms with Crippen LogP contribution in [-0.2, 0) is 6.54 Å². The summed E-state index contributed by atoms with van der Waals surface area (Å²) in [7, 11) is 2.17. The number of benzene rings is 1. The summed E-state index contributed by atoms with van der Waals surface area (Å²) in [5.41, 5.74) is 2.67. The van der Waals surface area contributed by atoms with Crippen molar-refractivity contribution in [1.29, 1.82) is 0 Å². The molecule has 0 aromatic heterocycles. The Morgan fingerprint density at radius 2 is 2.06 bits per heavy atom. The molecule has 17 heavy (non-hydrogen) atoms. The summed E-state index contributed by atoms with van der Waals surface area (Å²) < 4.78 is 1.14. The van der Waals surface area contributed by atoms with Gasteiger partial charge in [0.2, 0.25) is 0 Å². The Bertz CT molecular complexity index is 352. The van der Waals surface area contributed by atoms with E-state index in [9.17, 15) is 0 Å². The molecule has 0 spiro atoms. The van der Waals surface area contributed by atoms with Crippen LogP contribution in [0.3, 0.4) is 0 Å². The van der Waals surface area contributed by atoms with Crippen LogP contribution in [0.15, 0.2) is 22.7 Å². The Morgan fingerprint density at radius 3 is 2.65 bits per heavy atom. The first-order valence-electron chi connectivity index (χ1n) is 6.32. The van der Waals surface area contributed by atoms with Gasteiger partial charge in [-0.15, -0.1) is 0 Å². The fourth-order valence-corrected chi connectivity index (χ4v) is 2.13. The van der Waals surface area contributed by atoms with Gasteiger partial charge in [-0.05, 0) is 37.6 Å². The first kappa shape index (κ1) is 14.5. The van der Waals surface area contributed by atoms with E-state index in [0.717, 1.165) is 24.0 Å². The van der Waals surface area contributed by atoms with Gasteiger partial charge in [-0.2, -0.15) is 0 Å². The third kappa shape index (κ3) is 4.00. The topological polar surface area (TPSA) is 15.3 Å². The van der Waals surface area contributed by atoms with Gasteiger partial charge >= 0.3 is 0 Å². The van der Waals surface area contributed by atoms with Crippen molar-refractivity contribution in [3.63, 3.8) is 0 Å². The molecule has 1 rings (SSSR count). The number of hydrogen-bond donors (Lipinski definition) is 1. The maximum atomic E-state index is 3.56. The van der Waals surface area contributed by atoms with E-state index in [1.807, 2.05) is 0 Å². The number of halogens is 1. The Labute approximate surface area is 114 Å². The highest BCUT2D eigenvalue weighted by Crippen LogP contribution is 2.26. The van der Waals surface area contributed by atoms with Crippen LogP contribution in [0.2, 0.25) is 0 Å². The van der Waals surface area contributed by atoms with Crippen LogP contribution in [0.5, 0.6) is 0 Å². The lowest BCUT2D eigenvalue weighted by molar-refractivity contribution is 0.655. The van der Waals surface area contributed by atoms with Crippen LogP contribution in [0.1, 0.15) is 32.8 Å². The summed E-state index contributed by atoms with van der Waals surface area (Å²) in [5.74, 6) is 0. The van der Waals surface area contributed by atoms with Gasteiger partial charge in [0.25, 0.3) is 0 Å². The average molecular weight is 299 g/mol. The molecule has 0 saturated carbocycles. The molecule has 2 nitrogen and oxygen atoms in total.